The normalized spacial score (nSPS) is 13.1. The summed E-state index contributed by atoms with van der Waals surface area (Å²) in [5.74, 6) is 0. The Hall–Kier alpha value is -0.670. The third-order valence-corrected chi connectivity index (χ3v) is 3.76. The van der Waals surface area contributed by atoms with E-state index in [0.29, 0.717) is 32.2 Å². The van der Waals surface area contributed by atoms with E-state index in [1.807, 2.05) is 0 Å². The van der Waals surface area contributed by atoms with E-state index in [-0.39, 0.29) is 12.8 Å². The van der Waals surface area contributed by atoms with Crippen molar-refractivity contribution in [2.45, 2.75) is 69.5 Å². The summed E-state index contributed by atoms with van der Waals surface area (Å²) in [6.07, 6.45) is 0.301. The van der Waals surface area contributed by atoms with Gasteiger partial charge in [-0.25, -0.2) is 4.39 Å². The number of hydrogen-bond acceptors (Lipinski definition) is 3. The summed E-state index contributed by atoms with van der Waals surface area (Å²) in [6, 6.07) is 0. The standard InChI is InChI=1S/C11H20F4O3S.C3H7N/c12-10(19(16,17)18)8-6-4-2-1-3-5-7-9-11(13,14)15;1-2-3-4/h10H,1-9H2,(H,16,17,18);2H,1,3-4H2. The Labute approximate surface area is 135 Å². The van der Waals surface area contributed by atoms with Gasteiger partial charge in [-0.1, -0.05) is 38.2 Å². The molecule has 0 spiro atoms. The molecule has 0 fully saturated rings. The second-order valence-electron chi connectivity index (χ2n) is 5.08. The second-order valence-corrected chi connectivity index (χ2v) is 6.62. The average molecular weight is 365 g/mol. The maximum absolute atomic E-state index is 12.8. The lowest BCUT2D eigenvalue weighted by molar-refractivity contribution is -0.135. The SMILES string of the molecule is C=CCN.O=S(=O)(O)C(F)CCCCCCCCCC(F)(F)F. The van der Waals surface area contributed by atoms with Gasteiger partial charge in [0.1, 0.15) is 0 Å². The summed E-state index contributed by atoms with van der Waals surface area (Å²) in [4.78, 5) is 0. The van der Waals surface area contributed by atoms with Crippen LogP contribution in [0.3, 0.4) is 0 Å². The van der Waals surface area contributed by atoms with Gasteiger partial charge in [-0.3, -0.25) is 4.55 Å². The predicted octanol–water partition coefficient (Wildman–Crippen LogP) is 4.37. The van der Waals surface area contributed by atoms with Gasteiger partial charge in [0.25, 0.3) is 10.1 Å². The van der Waals surface area contributed by atoms with E-state index in [0.717, 1.165) is 12.8 Å². The molecule has 1 unspecified atom stereocenters. The molecule has 0 radical (unpaired) electrons. The molecule has 140 valence electrons. The number of unbranched alkanes of at least 4 members (excludes halogenated alkanes) is 6. The largest absolute Gasteiger partial charge is 0.389 e. The molecule has 9 heteroatoms. The summed E-state index contributed by atoms with van der Waals surface area (Å²) in [7, 11) is -4.59. The Morgan fingerprint density at radius 2 is 1.43 bits per heavy atom. The molecule has 0 aliphatic carbocycles. The highest BCUT2D eigenvalue weighted by Crippen LogP contribution is 2.23. The van der Waals surface area contributed by atoms with Gasteiger partial charge in [-0.15, -0.1) is 6.58 Å². The number of alkyl halides is 4. The van der Waals surface area contributed by atoms with E-state index in [1.165, 1.54) is 0 Å². The molecule has 0 bridgehead atoms. The summed E-state index contributed by atoms with van der Waals surface area (Å²) < 4.78 is 77.2. The lowest BCUT2D eigenvalue weighted by Crippen LogP contribution is -2.14. The number of halogens is 4. The quantitative estimate of drug-likeness (QED) is 0.246. The van der Waals surface area contributed by atoms with Crippen molar-refractivity contribution in [2.75, 3.05) is 6.54 Å². The van der Waals surface area contributed by atoms with E-state index < -0.39 is 28.2 Å². The van der Waals surface area contributed by atoms with Crippen molar-refractivity contribution in [2.24, 2.45) is 5.73 Å². The highest BCUT2D eigenvalue weighted by molar-refractivity contribution is 7.86. The fraction of sp³-hybridized carbons (Fsp3) is 0.857. The Bertz CT molecular complexity index is 386. The van der Waals surface area contributed by atoms with Gasteiger partial charge in [0.05, 0.1) is 0 Å². The van der Waals surface area contributed by atoms with E-state index >= 15 is 0 Å². The Balaban J connectivity index is 0. The minimum atomic E-state index is -4.59. The van der Waals surface area contributed by atoms with Crippen molar-refractivity contribution in [3.05, 3.63) is 12.7 Å². The highest BCUT2D eigenvalue weighted by atomic mass is 32.2. The fourth-order valence-corrected chi connectivity index (χ4v) is 2.13. The van der Waals surface area contributed by atoms with Crippen molar-refractivity contribution in [1.29, 1.82) is 0 Å². The molecule has 0 rings (SSSR count). The smallest absolute Gasteiger partial charge is 0.327 e. The molecule has 0 aromatic heterocycles. The molecular formula is C14H27F4NO3S. The van der Waals surface area contributed by atoms with E-state index in [9.17, 15) is 26.0 Å². The molecule has 0 saturated heterocycles. The molecule has 0 saturated carbocycles. The van der Waals surface area contributed by atoms with Crippen LogP contribution >= 0.6 is 0 Å². The second kappa shape index (κ2) is 13.7. The van der Waals surface area contributed by atoms with E-state index in [1.54, 1.807) is 6.08 Å². The van der Waals surface area contributed by atoms with Crippen LogP contribution in [0.4, 0.5) is 17.6 Å². The van der Waals surface area contributed by atoms with Crippen molar-refractivity contribution in [1.82, 2.24) is 0 Å². The molecule has 0 aliphatic heterocycles. The fourth-order valence-electron chi connectivity index (χ4n) is 1.66. The van der Waals surface area contributed by atoms with Crippen LogP contribution in [0.15, 0.2) is 12.7 Å². The number of rotatable bonds is 11. The Morgan fingerprint density at radius 1 is 1.04 bits per heavy atom. The topological polar surface area (TPSA) is 80.4 Å². The Morgan fingerprint density at radius 3 is 1.78 bits per heavy atom. The monoisotopic (exact) mass is 365 g/mol. The van der Waals surface area contributed by atoms with Crippen LogP contribution in [-0.4, -0.2) is 31.2 Å². The molecular weight excluding hydrogens is 338 g/mol. The van der Waals surface area contributed by atoms with Gasteiger partial charge in [-0.2, -0.15) is 21.6 Å². The zero-order valence-corrected chi connectivity index (χ0v) is 14.0. The Kier molecular flexibility index (Phi) is 14.7. The van der Waals surface area contributed by atoms with Crippen LogP contribution in [0, 0.1) is 0 Å². The van der Waals surface area contributed by atoms with Gasteiger partial charge in [0, 0.05) is 13.0 Å². The summed E-state index contributed by atoms with van der Waals surface area (Å²) in [5, 5.41) is 0. The minimum Gasteiger partial charge on any atom is -0.327 e. The predicted molar refractivity (Wildman–Crippen MR) is 83.3 cm³/mol. The first kappa shape index (κ1) is 24.6. The van der Waals surface area contributed by atoms with Crippen LogP contribution in [-0.2, 0) is 10.1 Å². The first-order valence-corrected chi connectivity index (χ1v) is 9.03. The van der Waals surface area contributed by atoms with Crippen molar-refractivity contribution >= 4 is 10.1 Å². The van der Waals surface area contributed by atoms with E-state index in [4.69, 9.17) is 10.3 Å². The van der Waals surface area contributed by atoms with Crippen molar-refractivity contribution in [3.8, 4) is 0 Å². The third-order valence-electron chi connectivity index (χ3n) is 2.88. The molecule has 0 amide bonds. The first-order chi connectivity index (χ1) is 10.5. The van der Waals surface area contributed by atoms with Gasteiger partial charge >= 0.3 is 6.18 Å². The molecule has 4 nitrogen and oxygen atoms in total. The van der Waals surface area contributed by atoms with Crippen LogP contribution in [0.25, 0.3) is 0 Å². The highest BCUT2D eigenvalue weighted by Gasteiger charge is 2.25. The molecule has 0 aromatic carbocycles. The number of hydrogen-bond donors (Lipinski definition) is 2. The van der Waals surface area contributed by atoms with Crippen LogP contribution in [0.1, 0.15) is 57.8 Å². The molecule has 1 atom stereocenters. The molecule has 0 aliphatic rings. The van der Waals surface area contributed by atoms with Crippen LogP contribution in [0.2, 0.25) is 0 Å². The van der Waals surface area contributed by atoms with E-state index in [2.05, 4.69) is 6.58 Å². The maximum Gasteiger partial charge on any atom is 0.389 e. The van der Waals surface area contributed by atoms with Crippen molar-refractivity contribution < 1.29 is 30.5 Å². The van der Waals surface area contributed by atoms with Crippen molar-refractivity contribution in [3.63, 3.8) is 0 Å². The lowest BCUT2D eigenvalue weighted by Gasteiger charge is -2.06. The molecule has 0 heterocycles. The zero-order valence-electron chi connectivity index (χ0n) is 13.2. The van der Waals surface area contributed by atoms with Gasteiger partial charge in [0.2, 0.25) is 5.50 Å². The van der Waals surface area contributed by atoms with Gasteiger partial charge in [-0.05, 0) is 19.3 Å². The summed E-state index contributed by atoms with van der Waals surface area (Å²) in [5.41, 5.74) is 2.67. The molecule has 0 aromatic rings. The molecule has 23 heavy (non-hydrogen) atoms. The average Bonchev–Trinajstić information content (AvgIpc) is 2.43. The lowest BCUT2D eigenvalue weighted by atomic mass is 10.1. The molecule has 3 N–H and O–H groups in total. The van der Waals surface area contributed by atoms with Crippen LogP contribution < -0.4 is 5.73 Å². The first-order valence-electron chi connectivity index (χ1n) is 7.52. The summed E-state index contributed by atoms with van der Waals surface area (Å²) >= 11 is 0. The summed E-state index contributed by atoms with van der Waals surface area (Å²) in [6.45, 7) is 3.94. The van der Waals surface area contributed by atoms with Crippen LogP contribution in [0.5, 0.6) is 0 Å². The third kappa shape index (κ3) is 21.3. The maximum atomic E-state index is 12.8. The van der Waals surface area contributed by atoms with Gasteiger partial charge < -0.3 is 5.73 Å². The van der Waals surface area contributed by atoms with Gasteiger partial charge in [0.15, 0.2) is 0 Å². The zero-order chi connectivity index (χ0) is 18.4. The minimum absolute atomic E-state index is 0.124. The number of nitrogens with two attached hydrogens (primary N) is 1.